The molecule has 1 heteroatoms. The molecule has 218 valence electrons. The topological polar surface area (TPSA) is 13.1 Å². The van der Waals surface area contributed by atoms with Crippen molar-refractivity contribution in [3.8, 4) is 44.5 Å². The van der Waals surface area contributed by atoms with Gasteiger partial charge in [-0.2, -0.15) is 0 Å². The third kappa shape index (κ3) is 3.97. The second-order valence-corrected chi connectivity index (χ2v) is 12.4. The lowest BCUT2D eigenvalue weighted by Crippen LogP contribution is -1.89. The Balaban J connectivity index is 1.11. The Kier molecular flexibility index (Phi) is 5.64. The summed E-state index contributed by atoms with van der Waals surface area (Å²) in [5, 5.41) is 10.1. The molecule has 0 spiro atoms. The maximum absolute atomic E-state index is 6.53. The van der Waals surface area contributed by atoms with Gasteiger partial charge in [-0.3, -0.25) is 0 Å². The van der Waals surface area contributed by atoms with Gasteiger partial charge in [0.25, 0.3) is 0 Å². The van der Waals surface area contributed by atoms with Crippen LogP contribution in [0.2, 0.25) is 0 Å². The van der Waals surface area contributed by atoms with Crippen LogP contribution in [0.4, 0.5) is 0 Å². The molecule has 10 rings (SSSR count). The summed E-state index contributed by atoms with van der Waals surface area (Å²) in [6.07, 6.45) is 0. The zero-order chi connectivity index (χ0) is 30.9. The minimum Gasteiger partial charge on any atom is -0.455 e. The lowest BCUT2D eigenvalue weighted by molar-refractivity contribution is 0.670. The van der Waals surface area contributed by atoms with Crippen molar-refractivity contribution in [3.05, 3.63) is 170 Å². The van der Waals surface area contributed by atoms with Crippen LogP contribution in [0.15, 0.2) is 174 Å². The number of benzene rings is 9. The van der Waals surface area contributed by atoms with E-state index in [1.165, 1.54) is 65.7 Å². The first-order chi connectivity index (χ1) is 23.3. The van der Waals surface area contributed by atoms with Gasteiger partial charge in [-0.15, -0.1) is 0 Å². The quantitative estimate of drug-likeness (QED) is 0.184. The van der Waals surface area contributed by atoms with Crippen molar-refractivity contribution in [2.75, 3.05) is 0 Å². The van der Waals surface area contributed by atoms with Crippen LogP contribution in [0.5, 0.6) is 0 Å². The maximum Gasteiger partial charge on any atom is 0.143 e. The normalized spacial score (nSPS) is 11.8. The zero-order valence-corrected chi connectivity index (χ0v) is 25.6. The Morgan fingerprint density at radius 1 is 0.277 bits per heavy atom. The molecular weight excluding hydrogens is 569 g/mol. The first-order valence-corrected chi connectivity index (χ1v) is 16.2. The second-order valence-electron chi connectivity index (χ2n) is 12.4. The molecule has 0 amide bonds. The van der Waals surface area contributed by atoms with Crippen molar-refractivity contribution >= 4 is 54.3 Å². The Labute approximate surface area is 272 Å². The predicted octanol–water partition coefficient (Wildman–Crippen LogP) is 13.2. The van der Waals surface area contributed by atoms with Crippen molar-refractivity contribution in [2.24, 2.45) is 0 Å². The average molecular weight is 597 g/mol. The minimum absolute atomic E-state index is 0.909. The van der Waals surface area contributed by atoms with Gasteiger partial charge in [0.2, 0.25) is 0 Å². The fourth-order valence-electron chi connectivity index (χ4n) is 7.68. The summed E-state index contributed by atoms with van der Waals surface area (Å²) < 4.78 is 6.53. The first kappa shape index (κ1) is 26.1. The van der Waals surface area contributed by atoms with Gasteiger partial charge in [0, 0.05) is 16.3 Å². The summed E-state index contributed by atoms with van der Waals surface area (Å²) in [5.41, 5.74) is 11.5. The Morgan fingerprint density at radius 2 is 0.766 bits per heavy atom. The van der Waals surface area contributed by atoms with E-state index in [0.29, 0.717) is 0 Å². The SMILES string of the molecule is c1ccc(-c2ccc3ccc4c(-c5ccc(-c6cccc7oc8c(-c9ccccc9)cccc8c67)cc5)ccc5ccc2c3c54)cc1. The van der Waals surface area contributed by atoms with Crippen LogP contribution >= 0.6 is 0 Å². The van der Waals surface area contributed by atoms with E-state index in [2.05, 4.69) is 170 Å². The van der Waals surface area contributed by atoms with Crippen molar-refractivity contribution in [1.82, 2.24) is 0 Å². The summed E-state index contributed by atoms with van der Waals surface area (Å²) in [4.78, 5) is 0. The van der Waals surface area contributed by atoms with Crippen molar-refractivity contribution in [1.29, 1.82) is 0 Å². The maximum atomic E-state index is 6.53. The highest BCUT2D eigenvalue weighted by atomic mass is 16.3. The molecule has 9 aromatic carbocycles. The van der Waals surface area contributed by atoms with Crippen LogP contribution in [-0.4, -0.2) is 0 Å². The molecule has 0 aliphatic rings. The number of fused-ring (bicyclic) bond motifs is 3. The number of furan rings is 1. The molecule has 0 N–H and O–H groups in total. The third-order valence-corrected chi connectivity index (χ3v) is 9.86. The van der Waals surface area contributed by atoms with E-state index >= 15 is 0 Å². The number of rotatable bonds is 4. The largest absolute Gasteiger partial charge is 0.455 e. The Morgan fingerprint density at radius 3 is 1.38 bits per heavy atom. The van der Waals surface area contributed by atoms with Gasteiger partial charge in [0.15, 0.2) is 0 Å². The molecule has 0 atom stereocenters. The molecule has 0 fully saturated rings. The first-order valence-electron chi connectivity index (χ1n) is 16.2. The molecule has 0 saturated heterocycles. The van der Waals surface area contributed by atoms with Crippen molar-refractivity contribution in [2.45, 2.75) is 0 Å². The summed E-state index contributed by atoms with van der Waals surface area (Å²) in [7, 11) is 0. The van der Waals surface area contributed by atoms with Crippen molar-refractivity contribution in [3.63, 3.8) is 0 Å². The third-order valence-electron chi connectivity index (χ3n) is 9.86. The van der Waals surface area contributed by atoms with Crippen LogP contribution in [0.25, 0.3) is 98.8 Å². The molecule has 1 heterocycles. The lowest BCUT2D eigenvalue weighted by atomic mass is 9.87. The van der Waals surface area contributed by atoms with Gasteiger partial charge in [-0.05, 0) is 77.3 Å². The van der Waals surface area contributed by atoms with Crippen LogP contribution in [-0.2, 0) is 0 Å². The molecule has 0 aliphatic carbocycles. The fraction of sp³-hybridized carbons (Fsp3) is 0. The van der Waals surface area contributed by atoms with Crippen LogP contribution in [0.3, 0.4) is 0 Å². The van der Waals surface area contributed by atoms with Crippen LogP contribution in [0.1, 0.15) is 0 Å². The van der Waals surface area contributed by atoms with E-state index in [4.69, 9.17) is 4.42 Å². The van der Waals surface area contributed by atoms with Gasteiger partial charge in [0.1, 0.15) is 11.2 Å². The smallest absolute Gasteiger partial charge is 0.143 e. The highest BCUT2D eigenvalue weighted by Gasteiger charge is 2.17. The van der Waals surface area contributed by atoms with E-state index < -0.39 is 0 Å². The summed E-state index contributed by atoms with van der Waals surface area (Å²) in [6.45, 7) is 0. The van der Waals surface area contributed by atoms with Gasteiger partial charge >= 0.3 is 0 Å². The molecule has 0 radical (unpaired) electrons. The summed E-state index contributed by atoms with van der Waals surface area (Å²) in [5.74, 6) is 0. The lowest BCUT2D eigenvalue weighted by Gasteiger charge is -2.16. The molecule has 0 bridgehead atoms. The molecule has 1 nitrogen and oxygen atoms in total. The van der Waals surface area contributed by atoms with E-state index in [0.717, 1.165) is 33.1 Å². The molecule has 47 heavy (non-hydrogen) atoms. The monoisotopic (exact) mass is 596 g/mol. The molecule has 0 saturated carbocycles. The number of para-hydroxylation sites is 1. The number of hydrogen-bond donors (Lipinski definition) is 0. The fourth-order valence-corrected chi connectivity index (χ4v) is 7.68. The predicted molar refractivity (Wildman–Crippen MR) is 199 cm³/mol. The minimum atomic E-state index is 0.909. The Bertz CT molecular complexity index is 2750. The van der Waals surface area contributed by atoms with Gasteiger partial charge < -0.3 is 4.42 Å². The number of hydrogen-bond acceptors (Lipinski definition) is 1. The molecule has 10 aromatic rings. The molecule has 1 aromatic heterocycles. The molecular formula is C46H28O. The van der Waals surface area contributed by atoms with Gasteiger partial charge in [0.05, 0.1) is 0 Å². The van der Waals surface area contributed by atoms with Gasteiger partial charge in [-0.1, -0.05) is 164 Å². The average Bonchev–Trinajstić information content (AvgIpc) is 3.54. The van der Waals surface area contributed by atoms with Gasteiger partial charge in [-0.25, -0.2) is 0 Å². The molecule has 0 unspecified atom stereocenters. The van der Waals surface area contributed by atoms with E-state index in [9.17, 15) is 0 Å². The van der Waals surface area contributed by atoms with E-state index in [1.54, 1.807) is 0 Å². The highest BCUT2D eigenvalue weighted by Crippen LogP contribution is 2.44. The summed E-state index contributed by atoms with van der Waals surface area (Å²) in [6, 6.07) is 61.4. The summed E-state index contributed by atoms with van der Waals surface area (Å²) >= 11 is 0. The van der Waals surface area contributed by atoms with Crippen LogP contribution in [0, 0.1) is 0 Å². The van der Waals surface area contributed by atoms with E-state index in [-0.39, 0.29) is 0 Å². The second kappa shape index (κ2) is 10.2. The van der Waals surface area contributed by atoms with Crippen molar-refractivity contribution < 1.29 is 4.42 Å². The zero-order valence-electron chi connectivity index (χ0n) is 25.6. The van der Waals surface area contributed by atoms with E-state index in [1.807, 2.05) is 0 Å². The standard InChI is InChI=1S/C46H28O/c1-3-9-29(10-4-1)35-25-21-33-24-28-40-36(26-22-34-23-27-39(35)43(33)44(34)40)31-17-19-32(20-18-31)37-13-8-16-42-45(37)41-15-7-14-38(46(41)47-42)30-11-5-2-6-12-30/h1-28H. The molecule has 0 aliphatic heterocycles. The highest BCUT2D eigenvalue weighted by molar-refractivity contribution is 6.27. The van der Waals surface area contributed by atoms with Crippen LogP contribution < -0.4 is 0 Å². The Hall–Kier alpha value is -6.18.